The highest BCUT2D eigenvalue weighted by Gasteiger charge is 2.27. The van der Waals surface area contributed by atoms with E-state index in [4.69, 9.17) is 4.74 Å². The molecule has 0 heterocycles. The average molecular weight is 299 g/mol. The Balaban J connectivity index is 2.30. The van der Waals surface area contributed by atoms with Crippen molar-refractivity contribution in [3.05, 3.63) is 60.2 Å². The van der Waals surface area contributed by atoms with Crippen LogP contribution in [0.1, 0.15) is 25.5 Å². The highest BCUT2D eigenvalue weighted by molar-refractivity contribution is 5.74. The van der Waals surface area contributed by atoms with Crippen molar-refractivity contribution in [2.75, 3.05) is 11.9 Å². The van der Waals surface area contributed by atoms with Crippen molar-refractivity contribution < 1.29 is 14.6 Å². The van der Waals surface area contributed by atoms with Crippen molar-refractivity contribution in [1.82, 2.24) is 0 Å². The number of para-hydroxylation sites is 2. The maximum atomic E-state index is 12.1. The van der Waals surface area contributed by atoms with Crippen LogP contribution in [0.3, 0.4) is 0 Å². The van der Waals surface area contributed by atoms with Crippen LogP contribution in [0.25, 0.3) is 0 Å². The van der Waals surface area contributed by atoms with Crippen LogP contribution in [0.5, 0.6) is 5.75 Å². The Labute approximate surface area is 130 Å². The lowest BCUT2D eigenvalue weighted by Gasteiger charge is -2.25. The third-order valence-corrected chi connectivity index (χ3v) is 3.53. The topological polar surface area (TPSA) is 58.6 Å². The Morgan fingerprint density at radius 3 is 2.41 bits per heavy atom. The number of hydrogen-bond donors (Lipinski definition) is 2. The molecule has 0 aliphatic rings. The largest absolute Gasteiger partial charge is 0.506 e. The standard InChI is InChI=1S/C18H21NO3/c1-3-22-18(21)13(2)17(14-9-5-4-6-10-14)19-15-11-7-8-12-16(15)20/h4-13,17,19-20H,3H2,1-2H3/t13-,17-/m1/s1. The van der Waals surface area contributed by atoms with Crippen LogP contribution in [0.4, 0.5) is 5.69 Å². The molecule has 4 heteroatoms. The molecule has 2 N–H and O–H groups in total. The van der Waals surface area contributed by atoms with Crippen molar-refractivity contribution in [3.8, 4) is 5.75 Å². The molecule has 0 radical (unpaired) electrons. The lowest BCUT2D eigenvalue weighted by molar-refractivity contribution is -0.147. The summed E-state index contributed by atoms with van der Waals surface area (Å²) in [5.41, 5.74) is 1.55. The van der Waals surface area contributed by atoms with E-state index in [1.807, 2.05) is 43.3 Å². The van der Waals surface area contributed by atoms with Crippen molar-refractivity contribution >= 4 is 11.7 Å². The summed E-state index contributed by atoms with van der Waals surface area (Å²) in [5, 5.41) is 13.2. The van der Waals surface area contributed by atoms with Gasteiger partial charge in [0.05, 0.1) is 24.3 Å². The number of aromatic hydroxyl groups is 1. The third-order valence-electron chi connectivity index (χ3n) is 3.53. The first-order chi connectivity index (χ1) is 10.6. The Morgan fingerprint density at radius 2 is 1.77 bits per heavy atom. The molecule has 0 aliphatic carbocycles. The highest BCUT2D eigenvalue weighted by atomic mass is 16.5. The molecule has 0 saturated carbocycles. The van der Waals surface area contributed by atoms with Gasteiger partial charge in [-0.3, -0.25) is 4.79 Å². The van der Waals surface area contributed by atoms with E-state index in [9.17, 15) is 9.90 Å². The molecule has 2 rings (SSSR count). The number of esters is 1. The van der Waals surface area contributed by atoms with Gasteiger partial charge in [0, 0.05) is 0 Å². The minimum Gasteiger partial charge on any atom is -0.506 e. The zero-order valence-electron chi connectivity index (χ0n) is 12.8. The molecule has 2 atom stereocenters. The minimum atomic E-state index is -0.387. The van der Waals surface area contributed by atoms with Crippen LogP contribution in [-0.4, -0.2) is 17.7 Å². The lowest BCUT2D eigenvalue weighted by atomic mass is 9.94. The first kappa shape index (κ1) is 15.9. The van der Waals surface area contributed by atoms with E-state index in [1.165, 1.54) is 0 Å². The molecule has 0 fully saturated rings. The van der Waals surface area contributed by atoms with E-state index in [0.717, 1.165) is 5.56 Å². The fourth-order valence-corrected chi connectivity index (χ4v) is 2.33. The number of carbonyl (C=O) groups is 1. The van der Waals surface area contributed by atoms with E-state index in [0.29, 0.717) is 12.3 Å². The summed E-state index contributed by atoms with van der Waals surface area (Å²) in [7, 11) is 0. The number of anilines is 1. The van der Waals surface area contributed by atoms with Crippen molar-refractivity contribution in [3.63, 3.8) is 0 Å². The van der Waals surface area contributed by atoms with Gasteiger partial charge in [0.1, 0.15) is 5.75 Å². The van der Waals surface area contributed by atoms with Gasteiger partial charge < -0.3 is 15.2 Å². The van der Waals surface area contributed by atoms with Gasteiger partial charge in [-0.25, -0.2) is 0 Å². The summed E-state index contributed by atoms with van der Waals surface area (Å²) in [6.07, 6.45) is 0. The lowest BCUT2D eigenvalue weighted by Crippen LogP contribution is -2.27. The first-order valence-corrected chi connectivity index (χ1v) is 7.39. The molecule has 116 valence electrons. The van der Waals surface area contributed by atoms with Crippen molar-refractivity contribution in [2.24, 2.45) is 5.92 Å². The maximum absolute atomic E-state index is 12.1. The number of hydrogen-bond acceptors (Lipinski definition) is 4. The van der Waals surface area contributed by atoms with Gasteiger partial charge in [0.25, 0.3) is 0 Å². The van der Waals surface area contributed by atoms with Gasteiger partial charge in [-0.05, 0) is 31.5 Å². The summed E-state index contributed by atoms with van der Waals surface area (Å²) >= 11 is 0. The molecular weight excluding hydrogens is 278 g/mol. The summed E-state index contributed by atoms with van der Waals surface area (Å²) in [6.45, 7) is 3.96. The van der Waals surface area contributed by atoms with Gasteiger partial charge in [-0.2, -0.15) is 0 Å². The molecule has 0 spiro atoms. The number of ether oxygens (including phenoxy) is 1. The molecule has 0 bridgehead atoms. The van der Waals surface area contributed by atoms with E-state index in [-0.39, 0.29) is 23.7 Å². The van der Waals surface area contributed by atoms with Crippen LogP contribution in [0.2, 0.25) is 0 Å². The summed E-state index contributed by atoms with van der Waals surface area (Å²) < 4.78 is 5.13. The van der Waals surface area contributed by atoms with Crippen LogP contribution < -0.4 is 5.32 Å². The molecule has 2 aromatic carbocycles. The maximum Gasteiger partial charge on any atom is 0.311 e. The van der Waals surface area contributed by atoms with Crippen LogP contribution in [-0.2, 0) is 9.53 Å². The first-order valence-electron chi connectivity index (χ1n) is 7.39. The molecule has 2 aromatic rings. The van der Waals surface area contributed by atoms with Gasteiger partial charge in [0.15, 0.2) is 0 Å². The third kappa shape index (κ3) is 3.79. The Kier molecular flexibility index (Phi) is 5.42. The number of phenols is 1. The van der Waals surface area contributed by atoms with E-state index >= 15 is 0 Å². The molecule has 4 nitrogen and oxygen atoms in total. The predicted molar refractivity (Wildman–Crippen MR) is 86.7 cm³/mol. The number of phenolic OH excluding ortho intramolecular Hbond substituents is 1. The summed E-state index contributed by atoms with van der Waals surface area (Å²) in [5.74, 6) is -0.499. The smallest absolute Gasteiger partial charge is 0.311 e. The molecule has 22 heavy (non-hydrogen) atoms. The summed E-state index contributed by atoms with van der Waals surface area (Å²) in [6, 6.07) is 16.4. The Morgan fingerprint density at radius 1 is 1.14 bits per heavy atom. The number of benzene rings is 2. The monoisotopic (exact) mass is 299 g/mol. The zero-order valence-corrected chi connectivity index (χ0v) is 12.8. The fourth-order valence-electron chi connectivity index (χ4n) is 2.33. The Bertz CT molecular complexity index is 613. The van der Waals surface area contributed by atoms with Crippen molar-refractivity contribution in [2.45, 2.75) is 19.9 Å². The quantitative estimate of drug-likeness (QED) is 0.630. The van der Waals surface area contributed by atoms with Crippen LogP contribution in [0.15, 0.2) is 54.6 Å². The second-order valence-corrected chi connectivity index (χ2v) is 5.09. The number of nitrogens with one attached hydrogen (secondary N) is 1. The molecule has 0 saturated heterocycles. The molecule has 0 amide bonds. The zero-order chi connectivity index (χ0) is 15.9. The summed E-state index contributed by atoms with van der Waals surface area (Å²) in [4.78, 5) is 12.1. The minimum absolute atomic E-state index is 0.152. The fraction of sp³-hybridized carbons (Fsp3) is 0.278. The molecule has 0 aliphatic heterocycles. The second kappa shape index (κ2) is 7.50. The SMILES string of the molecule is CCOC(=O)[C@H](C)[C@@H](Nc1ccccc1O)c1ccccc1. The predicted octanol–water partition coefficient (Wildman–Crippen LogP) is 3.74. The molecule has 0 unspecified atom stereocenters. The second-order valence-electron chi connectivity index (χ2n) is 5.09. The van der Waals surface area contributed by atoms with Gasteiger partial charge in [-0.15, -0.1) is 0 Å². The van der Waals surface area contributed by atoms with E-state index < -0.39 is 0 Å². The van der Waals surface area contributed by atoms with Gasteiger partial charge >= 0.3 is 5.97 Å². The normalized spacial score (nSPS) is 13.2. The Hall–Kier alpha value is -2.49. The van der Waals surface area contributed by atoms with Crippen LogP contribution >= 0.6 is 0 Å². The number of carbonyl (C=O) groups excluding carboxylic acids is 1. The van der Waals surface area contributed by atoms with Crippen LogP contribution in [0, 0.1) is 5.92 Å². The average Bonchev–Trinajstić information content (AvgIpc) is 2.54. The van der Waals surface area contributed by atoms with Gasteiger partial charge in [0.2, 0.25) is 0 Å². The molecular formula is C18H21NO3. The van der Waals surface area contributed by atoms with Gasteiger partial charge in [-0.1, -0.05) is 42.5 Å². The highest BCUT2D eigenvalue weighted by Crippen LogP contribution is 2.31. The van der Waals surface area contributed by atoms with E-state index in [2.05, 4.69) is 5.32 Å². The number of rotatable bonds is 6. The molecule has 0 aromatic heterocycles. The van der Waals surface area contributed by atoms with E-state index in [1.54, 1.807) is 25.1 Å². The van der Waals surface area contributed by atoms with Crippen molar-refractivity contribution in [1.29, 1.82) is 0 Å².